The van der Waals surface area contributed by atoms with Gasteiger partial charge in [-0.3, -0.25) is 4.90 Å². The number of ether oxygens (including phenoxy) is 1. The van der Waals surface area contributed by atoms with Gasteiger partial charge < -0.3 is 14.7 Å². The summed E-state index contributed by atoms with van der Waals surface area (Å²) in [4.78, 5) is 16.1. The molecule has 0 aromatic rings. The smallest absolute Gasteiger partial charge is 0.410 e. The lowest BCUT2D eigenvalue weighted by molar-refractivity contribution is 0.0356. The first-order valence-corrected chi connectivity index (χ1v) is 6.60. The van der Waals surface area contributed by atoms with E-state index in [1.807, 2.05) is 4.90 Å². The molecule has 2 saturated heterocycles. The Hall–Kier alpha value is -0.810. The molecule has 2 aliphatic heterocycles. The van der Waals surface area contributed by atoms with Crippen molar-refractivity contribution in [2.75, 3.05) is 26.2 Å². The van der Waals surface area contributed by atoms with Crippen molar-refractivity contribution in [2.45, 2.75) is 43.9 Å². The third-order valence-electron chi connectivity index (χ3n) is 4.04. The molecule has 3 aliphatic rings. The zero-order chi connectivity index (χ0) is 11.8. The second kappa shape index (κ2) is 4.46. The molecule has 3 fully saturated rings. The molecule has 0 aromatic carbocycles. The Morgan fingerprint density at radius 1 is 1.18 bits per heavy atom. The van der Waals surface area contributed by atoms with Gasteiger partial charge >= 0.3 is 6.09 Å². The largest absolute Gasteiger partial charge is 0.446 e. The molecule has 0 spiro atoms. The van der Waals surface area contributed by atoms with Crippen LogP contribution in [0.4, 0.5) is 4.79 Å². The maximum Gasteiger partial charge on any atom is 0.410 e. The van der Waals surface area contributed by atoms with Crippen LogP contribution in [-0.2, 0) is 4.74 Å². The van der Waals surface area contributed by atoms with Gasteiger partial charge in [0, 0.05) is 31.7 Å². The van der Waals surface area contributed by atoms with E-state index in [1.54, 1.807) is 0 Å². The molecule has 1 N–H and O–H groups in total. The lowest BCUT2D eigenvalue weighted by atomic mass is 10.2. The van der Waals surface area contributed by atoms with Gasteiger partial charge in [-0.25, -0.2) is 4.79 Å². The molecule has 1 amide bonds. The number of hydrogen-bond donors (Lipinski definition) is 1. The monoisotopic (exact) mass is 240 g/mol. The van der Waals surface area contributed by atoms with E-state index in [-0.39, 0.29) is 18.8 Å². The Bertz CT molecular complexity index is 292. The summed E-state index contributed by atoms with van der Waals surface area (Å²) in [7, 11) is 0. The quantitative estimate of drug-likeness (QED) is 0.777. The van der Waals surface area contributed by atoms with Crippen LogP contribution in [-0.4, -0.2) is 65.4 Å². The Morgan fingerprint density at radius 2 is 1.82 bits per heavy atom. The number of hydrogen-bond acceptors (Lipinski definition) is 4. The van der Waals surface area contributed by atoms with Crippen LogP contribution in [0, 0.1) is 0 Å². The van der Waals surface area contributed by atoms with Crippen LogP contribution in [0.15, 0.2) is 0 Å². The molecule has 1 saturated carbocycles. The molecule has 5 heteroatoms. The first-order chi connectivity index (χ1) is 8.28. The van der Waals surface area contributed by atoms with E-state index in [2.05, 4.69) is 4.90 Å². The third-order valence-corrected chi connectivity index (χ3v) is 4.04. The minimum Gasteiger partial charge on any atom is -0.446 e. The number of rotatable bonds is 3. The molecule has 2 bridgehead atoms. The van der Waals surface area contributed by atoms with Gasteiger partial charge in [-0.2, -0.15) is 0 Å². The van der Waals surface area contributed by atoms with Crippen LogP contribution < -0.4 is 0 Å². The van der Waals surface area contributed by atoms with E-state index in [1.165, 1.54) is 0 Å². The van der Waals surface area contributed by atoms with Gasteiger partial charge in [-0.05, 0) is 25.7 Å². The van der Waals surface area contributed by atoms with Crippen molar-refractivity contribution in [2.24, 2.45) is 0 Å². The second-order valence-electron chi connectivity index (χ2n) is 5.33. The Balaban J connectivity index is 1.58. The highest BCUT2D eigenvalue weighted by atomic mass is 16.6. The van der Waals surface area contributed by atoms with Crippen molar-refractivity contribution in [3.05, 3.63) is 0 Å². The zero-order valence-corrected chi connectivity index (χ0v) is 10.0. The Labute approximate surface area is 101 Å². The summed E-state index contributed by atoms with van der Waals surface area (Å²) in [5.74, 6) is 0. The first-order valence-electron chi connectivity index (χ1n) is 6.60. The van der Waals surface area contributed by atoms with E-state index >= 15 is 0 Å². The third kappa shape index (κ3) is 2.26. The van der Waals surface area contributed by atoms with Crippen molar-refractivity contribution in [3.63, 3.8) is 0 Å². The maximum absolute atomic E-state index is 11.9. The number of amides is 1. The minimum atomic E-state index is -0.131. The molecular formula is C12H20N2O3. The molecular weight excluding hydrogens is 220 g/mol. The van der Waals surface area contributed by atoms with E-state index in [0.29, 0.717) is 12.1 Å². The van der Waals surface area contributed by atoms with Crippen LogP contribution >= 0.6 is 0 Å². The second-order valence-corrected chi connectivity index (χ2v) is 5.33. The van der Waals surface area contributed by atoms with Crippen LogP contribution in [0.5, 0.6) is 0 Å². The molecule has 5 nitrogen and oxygen atoms in total. The molecule has 2 unspecified atom stereocenters. The van der Waals surface area contributed by atoms with Crippen LogP contribution in [0.2, 0.25) is 0 Å². The van der Waals surface area contributed by atoms with Crippen molar-refractivity contribution >= 4 is 6.09 Å². The highest BCUT2D eigenvalue weighted by molar-refractivity contribution is 5.68. The van der Waals surface area contributed by atoms with Gasteiger partial charge in [0.1, 0.15) is 6.10 Å². The number of likely N-dealkylation sites (tertiary alicyclic amines) is 1. The van der Waals surface area contributed by atoms with Gasteiger partial charge in [0.2, 0.25) is 0 Å². The van der Waals surface area contributed by atoms with E-state index in [9.17, 15) is 4.79 Å². The normalized spacial score (nSPS) is 32.9. The van der Waals surface area contributed by atoms with Crippen molar-refractivity contribution in [1.82, 2.24) is 9.80 Å². The van der Waals surface area contributed by atoms with Crippen molar-refractivity contribution < 1.29 is 14.6 Å². The molecule has 96 valence electrons. The van der Waals surface area contributed by atoms with Gasteiger partial charge in [0.15, 0.2) is 0 Å². The number of aliphatic hydroxyl groups excluding tert-OH is 1. The van der Waals surface area contributed by atoms with E-state index < -0.39 is 0 Å². The predicted octanol–water partition coefficient (Wildman–Crippen LogP) is 0.426. The van der Waals surface area contributed by atoms with Crippen LogP contribution in [0.25, 0.3) is 0 Å². The summed E-state index contributed by atoms with van der Waals surface area (Å²) in [6, 6.07) is 0.848. The van der Waals surface area contributed by atoms with E-state index in [0.717, 1.165) is 45.3 Å². The number of fused-ring (bicyclic) bond motifs is 2. The number of piperazine rings is 1. The Morgan fingerprint density at radius 3 is 2.35 bits per heavy atom. The molecule has 17 heavy (non-hydrogen) atoms. The van der Waals surface area contributed by atoms with Gasteiger partial charge in [-0.1, -0.05) is 0 Å². The number of nitrogens with zero attached hydrogens (tertiary/aromatic N) is 2. The molecule has 2 heterocycles. The van der Waals surface area contributed by atoms with Gasteiger partial charge in [0.05, 0.1) is 6.61 Å². The number of aliphatic hydroxyl groups is 1. The SMILES string of the molecule is O=C(OC1CC1)N1CC2CCC(C1)N2CCO. The topological polar surface area (TPSA) is 53.0 Å². The fraction of sp³-hybridized carbons (Fsp3) is 0.917. The van der Waals surface area contributed by atoms with E-state index in [4.69, 9.17) is 9.84 Å². The Kier molecular flexibility index (Phi) is 2.96. The average Bonchev–Trinajstić information content (AvgIpc) is 3.08. The minimum absolute atomic E-state index is 0.131. The molecule has 3 rings (SSSR count). The van der Waals surface area contributed by atoms with Gasteiger partial charge in [-0.15, -0.1) is 0 Å². The molecule has 0 radical (unpaired) electrons. The lowest BCUT2D eigenvalue weighted by Crippen LogP contribution is -2.56. The van der Waals surface area contributed by atoms with Crippen LogP contribution in [0.1, 0.15) is 25.7 Å². The average molecular weight is 240 g/mol. The summed E-state index contributed by atoms with van der Waals surface area (Å²) >= 11 is 0. The molecule has 0 aromatic heterocycles. The summed E-state index contributed by atoms with van der Waals surface area (Å²) < 4.78 is 5.34. The summed E-state index contributed by atoms with van der Waals surface area (Å²) in [5.41, 5.74) is 0. The summed E-state index contributed by atoms with van der Waals surface area (Å²) in [6.45, 7) is 2.48. The fourth-order valence-electron chi connectivity index (χ4n) is 3.02. The summed E-state index contributed by atoms with van der Waals surface area (Å²) in [6.07, 6.45) is 4.39. The van der Waals surface area contributed by atoms with Gasteiger partial charge in [0.25, 0.3) is 0 Å². The fourth-order valence-corrected chi connectivity index (χ4v) is 3.02. The zero-order valence-electron chi connectivity index (χ0n) is 10.0. The first kappa shape index (κ1) is 11.3. The number of carbonyl (C=O) groups is 1. The van der Waals surface area contributed by atoms with Crippen molar-refractivity contribution in [1.29, 1.82) is 0 Å². The molecule has 2 atom stereocenters. The predicted molar refractivity (Wildman–Crippen MR) is 61.7 cm³/mol. The maximum atomic E-state index is 11.9. The highest BCUT2D eigenvalue weighted by Crippen LogP contribution is 2.31. The lowest BCUT2D eigenvalue weighted by Gasteiger charge is -2.40. The highest BCUT2D eigenvalue weighted by Gasteiger charge is 2.42. The van der Waals surface area contributed by atoms with Crippen molar-refractivity contribution in [3.8, 4) is 0 Å². The molecule has 1 aliphatic carbocycles. The van der Waals surface area contributed by atoms with Crippen LogP contribution in [0.3, 0.4) is 0 Å². The summed E-state index contributed by atoms with van der Waals surface area (Å²) in [5, 5.41) is 9.04. The standard InChI is InChI=1S/C12H20N2O3/c15-6-5-14-9-1-2-10(14)8-13(7-9)12(16)17-11-3-4-11/h9-11,15H,1-8H2. The number of carbonyl (C=O) groups excluding carboxylic acids is 1.